The molecule has 16 heavy (non-hydrogen) atoms. The molecule has 4 nitrogen and oxygen atoms in total. The Morgan fingerprint density at radius 3 is 1.69 bits per heavy atom. The lowest BCUT2D eigenvalue weighted by Gasteiger charge is -2.10. The number of aryl methyl sites for hydroxylation is 1. The number of thiol groups is 1. The Morgan fingerprint density at radius 1 is 1.00 bits per heavy atom. The molecule has 1 rings (SSSR count). The van der Waals surface area contributed by atoms with Crippen LogP contribution in [-0.2, 0) is 0 Å². The van der Waals surface area contributed by atoms with E-state index in [4.69, 9.17) is 0 Å². The monoisotopic (exact) mass is 258 g/mol. The number of hydrogen-bond donors (Lipinski definition) is 1. The van der Waals surface area contributed by atoms with Crippen LogP contribution < -0.4 is 9.47 Å². The van der Waals surface area contributed by atoms with Crippen LogP contribution in [0.15, 0.2) is 4.90 Å². The van der Waals surface area contributed by atoms with Gasteiger partial charge in [0.2, 0.25) is 11.8 Å². The van der Waals surface area contributed by atoms with E-state index in [1.165, 1.54) is 6.92 Å². The van der Waals surface area contributed by atoms with Gasteiger partial charge in [0, 0.05) is 0 Å². The molecule has 0 amide bonds. The SMILES string of the molecule is Cc1nc(OC(F)F)c(S)c(OC(F)F)n1. The van der Waals surface area contributed by atoms with Gasteiger partial charge in [-0.05, 0) is 6.92 Å². The zero-order valence-electron chi connectivity index (χ0n) is 7.82. The van der Waals surface area contributed by atoms with Crippen molar-refractivity contribution in [2.24, 2.45) is 0 Å². The zero-order valence-corrected chi connectivity index (χ0v) is 8.72. The normalized spacial score (nSPS) is 11.0. The fourth-order valence-electron chi connectivity index (χ4n) is 0.849. The van der Waals surface area contributed by atoms with E-state index in [0.717, 1.165) is 0 Å². The third kappa shape index (κ3) is 3.40. The lowest BCUT2D eigenvalue weighted by Crippen LogP contribution is -2.10. The van der Waals surface area contributed by atoms with Crippen LogP contribution in [0, 0.1) is 6.92 Å². The number of hydrogen-bond acceptors (Lipinski definition) is 5. The van der Waals surface area contributed by atoms with Crippen LogP contribution in [-0.4, -0.2) is 23.2 Å². The van der Waals surface area contributed by atoms with Gasteiger partial charge in [-0.25, -0.2) is 0 Å². The minimum absolute atomic E-state index is 0.0518. The molecule has 0 aliphatic heterocycles. The molecule has 0 radical (unpaired) electrons. The van der Waals surface area contributed by atoms with Crippen molar-refractivity contribution in [3.05, 3.63) is 5.82 Å². The van der Waals surface area contributed by atoms with E-state index in [-0.39, 0.29) is 5.82 Å². The first-order valence-electron chi connectivity index (χ1n) is 3.87. The smallest absolute Gasteiger partial charge is 0.388 e. The summed E-state index contributed by atoms with van der Waals surface area (Å²) in [7, 11) is 0. The molecule has 0 atom stereocenters. The van der Waals surface area contributed by atoms with E-state index >= 15 is 0 Å². The Labute approximate surface area is 93.0 Å². The second-order valence-corrected chi connectivity index (χ2v) is 2.93. The molecule has 90 valence electrons. The minimum atomic E-state index is -3.14. The molecule has 0 aliphatic rings. The van der Waals surface area contributed by atoms with Gasteiger partial charge < -0.3 is 9.47 Å². The van der Waals surface area contributed by atoms with Crippen LogP contribution in [0.2, 0.25) is 0 Å². The molecule has 0 spiro atoms. The number of ether oxygens (including phenoxy) is 2. The summed E-state index contributed by atoms with van der Waals surface area (Å²) in [6.45, 7) is -4.97. The maximum Gasteiger partial charge on any atom is 0.388 e. The quantitative estimate of drug-likeness (QED) is 0.664. The largest absolute Gasteiger partial charge is 0.415 e. The number of nitrogens with zero attached hydrogens (tertiary/aromatic N) is 2. The van der Waals surface area contributed by atoms with Crippen LogP contribution in [0.1, 0.15) is 5.82 Å². The first-order chi connectivity index (χ1) is 7.40. The molecule has 0 saturated carbocycles. The van der Waals surface area contributed by atoms with Gasteiger partial charge in [-0.15, -0.1) is 12.6 Å². The molecule has 0 N–H and O–H groups in total. The zero-order chi connectivity index (χ0) is 12.3. The van der Waals surface area contributed by atoms with Gasteiger partial charge in [-0.3, -0.25) is 0 Å². The molecular formula is C7H6F4N2O2S. The van der Waals surface area contributed by atoms with Crippen LogP contribution in [0.25, 0.3) is 0 Å². The van der Waals surface area contributed by atoms with Gasteiger partial charge >= 0.3 is 13.2 Å². The predicted octanol–water partition coefficient (Wildman–Crippen LogP) is 2.28. The predicted molar refractivity (Wildman–Crippen MR) is 47.3 cm³/mol. The van der Waals surface area contributed by atoms with Crippen molar-refractivity contribution in [3.63, 3.8) is 0 Å². The summed E-state index contributed by atoms with van der Waals surface area (Å²) < 4.78 is 55.6. The fraction of sp³-hybridized carbons (Fsp3) is 0.429. The van der Waals surface area contributed by atoms with E-state index in [9.17, 15) is 17.6 Å². The molecule has 0 aromatic carbocycles. The highest BCUT2D eigenvalue weighted by molar-refractivity contribution is 7.80. The highest BCUT2D eigenvalue weighted by Crippen LogP contribution is 2.30. The van der Waals surface area contributed by atoms with Crippen molar-refractivity contribution in [2.75, 3.05) is 0 Å². The van der Waals surface area contributed by atoms with Crippen molar-refractivity contribution >= 4 is 12.6 Å². The second kappa shape index (κ2) is 5.19. The summed E-state index contributed by atoms with van der Waals surface area (Å²) in [5.74, 6) is -1.27. The molecule has 0 bridgehead atoms. The fourth-order valence-corrected chi connectivity index (χ4v) is 1.05. The minimum Gasteiger partial charge on any atom is -0.415 e. The van der Waals surface area contributed by atoms with Gasteiger partial charge in [-0.2, -0.15) is 27.5 Å². The summed E-state index contributed by atoms with van der Waals surface area (Å²) in [5.41, 5.74) is 0. The molecule has 1 aromatic rings. The molecule has 1 heterocycles. The van der Waals surface area contributed by atoms with Gasteiger partial charge in [0.05, 0.1) is 0 Å². The molecular weight excluding hydrogens is 252 g/mol. The van der Waals surface area contributed by atoms with Crippen LogP contribution in [0.4, 0.5) is 17.6 Å². The van der Waals surface area contributed by atoms with E-state index in [1.54, 1.807) is 0 Å². The van der Waals surface area contributed by atoms with Crippen molar-refractivity contribution < 1.29 is 27.0 Å². The number of rotatable bonds is 4. The standard InChI is InChI=1S/C7H6F4N2O2S/c1-2-12-4(14-6(8)9)3(16)5(13-2)15-7(10)11/h6-7,16H,1H3. The van der Waals surface area contributed by atoms with Crippen LogP contribution >= 0.6 is 12.6 Å². The third-order valence-corrected chi connectivity index (χ3v) is 1.72. The van der Waals surface area contributed by atoms with Gasteiger partial charge in [-0.1, -0.05) is 0 Å². The number of aromatic nitrogens is 2. The van der Waals surface area contributed by atoms with E-state index in [1.807, 2.05) is 0 Å². The number of halogens is 4. The topological polar surface area (TPSA) is 44.2 Å². The lowest BCUT2D eigenvalue weighted by molar-refractivity contribution is -0.0622. The Morgan fingerprint density at radius 2 is 1.38 bits per heavy atom. The van der Waals surface area contributed by atoms with Crippen molar-refractivity contribution in [2.45, 2.75) is 25.0 Å². The van der Waals surface area contributed by atoms with E-state index in [0.29, 0.717) is 0 Å². The van der Waals surface area contributed by atoms with E-state index < -0.39 is 29.9 Å². The van der Waals surface area contributed by atoms with Gasteiger partial charge in [0.25, 0.3) is 0 Å². The molecule has 0 unspecified atom stereocenters. The Balaban J connectivity index is 3.05. The summed E-state index contributed by atoms with van der Waals surface area (Å²) in [5, 5.41) is 0. The summed E-state index contributed by atoms with van der Waals surface area (Å²) in [6.07, 6.45) is 0. The summed E-state index contributed by atoms with van der Waals surface area (Å²) >= 11 is 3.67. The molecule has 1 aromatic heterocycles. The Kier molecular flexibility index (Phi) is 4.16. The van der Waals surface area contributed by atoms with Crippen LogP contribution in [0.3, 0.4) is 0 Å². The summed E-state index contributed by atoms with van der Waals surface area (Å²) in [6, 6.07) is 0. The highest BCUT2D eigenvalue weighted by atomic mass is 32.1. The maximum atomic E-state index is 11.9. The number of alkyl halides is 4. The maximum absolute atomic E-state index is 11.9. The first kappa shape index (κ1) is 12.8. The summed E-state index contributed by atoms with van der Waals surface area (Å²) in [4.78, 5) is 6.52. The van der Waals surface area contributed by atoms with Gasteiger partial charge in [0.15, 0.2) is 0 Å². The van der Waals surface area contributed by atoms with Crippen molar-refractivity contribution in [3.8, 4) is 11.8 Å². The average molecular weight is 258 g/mol. The second-order valence-electron chi connectivity index (χ2n) is 2.49. The van der Waals surface area contributed by atoms with Crippen molar-refractivity contribution in [1.82, 2.24) is 9.97 Å². The van der Waals surface area contributed by atoms with Gasteiger partial charge in [0.1, 0.15) is 10.7 Å². The Bertz CT molecular complexity index is 346. The molecule has 0 aliphatic carbocycles. The average Bonchev–Trinajstić information content (AvgIpc) is 2.11. The molecule has 0 fully saturated rings. The van der Waals surface area contributed by atoms with Crippen LogP contribution in [0.5, 0.6) is 11.8 Å². The first-order valence-corrected chi connectivity index (χ1v) is 4.32. The highest BCUT2D eigenvalue weighted by Gasteiger charge is 2.18. The van der Waals surface area contributed by atoms with E-state index in [2.05, 4.69) is 32.1 Å². The third-order valence-electron chi connectivity index (χ3n) is 1.33. The lowest BCUT2D eigenvalue weighted by atomic mass is 10.5. The molecule has 9 heteroatoms. The van der Waals surface area contributed by atoms with Crippen molar-refractivity contribution in [1.29, 1.82) is 0 Å². The molecule has 0 saturated heterocycles. The Hall–Kier alpha value is -1.25.